The van der Waals surface area contributed by atoms with E-state index in [1.54, 1.807) is 0 Å². The first-order valence-electron chi connectivity index (χ1n) is 12.4. The Hall–Kier alpha value is -3.79. The molecule has 0 aliphatic carbocycles. The van der Waals surface area contributed by atoms with E-state index in [0.29, 0.717) is 12.4 Å². The van der Waals surface area contributed by atoms with E-state index in [1.165, 1.54) is 11.9 Å². The number of morpholine rings is 1. The zero-order chi connectivity index (χ0) is 24.1. The van der Waals surface area contributed by atoms with Crippen molar-refractivity contribution in [3.63, 3.8) is 0 Å². The molecule has 2 aliphatic heterocycles. The third-order valence-electron chi connectivity index (χ3n) is 7.38. The molecule has 5 heterocycles. The van der Waals surface area contributed by atoms with Crippen LogP contribution in [0, 0.1) is 0 Å². The number of hydrogen-bond acceptors (Lipinski definition) is 7. The fourth-order valence-electron chi connectivity index (χ4n) is 5.64. The zero-order valence-electron chi connectivity index (χ0n) is 19.9. The first-order chi connectivity index (χ1) is 17.7. The molecule has 2 atom stereocenters. The second-order valence-electron chi connectivity index (χ2n) is 9.57. The minimum absolute atomic E-state index is 0.101. The highest BCUT2D eigenvalue weighted by atomic mass is 16.5. The van der Waals surface area contributed by atoms with Gasteiger partial charge < -0.3 is 15.8 Å². The standard InChI is InChI=1S/C27H28N8O/c28-27-25-21(19-6-7-20-16-34(32-22(20)12-19)15-18-4-2-1-3-5-18)13-23(35(25)31-17-30-27)26-24-14-29-8-9-33(24)10-11-36-26/h1-7,12-13,16-17,24,26,29H,8-11,14-15H2,(H2,28,30,31). The zero-order valence-corrected chi connectivity index (χ0v) is 19.9. The van der Waals surface area contributed by atoms with Crippen LogP contribution in [0.25, 0.3) is 27.5 Å². The number of benzene rings is 2. The number of rotatable bonds is 4. The van der Waals surface area contributed by atoms with Crippen LogP contribution in [0.1, 0.15) is 17.4 Å². The minimum Gasteiger partial charge on any atom is -0.382 e. The van der Waals surface area contributed by atoms with Crippen LogP contribution in [-0.2, 0) is 11.3 Å². The smallest absolute Gasteiger partial charge is 0.151 e. The fourth-order valence-corrected chi connectivity index (χ4v) is 5.64. The number of hydrogen-bond donors (Lipinski definition) is 2. The van der Waals surface area contributed by atoms with Crippen LogP contribution in [0.15, 0.2) is 67.1 Å². The van der Waals surface area contributed by atoms with Crippen LogP contribution in [0.2, 0.25) is 0 Å². The Bertz CT molecular complexity index is 1540. The molecule has 0 bridgehead atoms. The van der Waals surface area contributed by atoms with Crippen LogP contribution >= 0.6 is 0 Å². The van der Waals surface area contributed by atoms with Crippen LogP contribution in [0.3, 0.4) is 0 Å². The molecule has 3 N–H and O–H groups in total. The lowest BCUT2D eigenvalue weighted by Crippen LogP contribution is -2.57. The van der Waals surface area contributed by atoms with Crippen LogP contribution < -0.4 is 11.1 Å². The fraction of sp³-hybridized carbons (Fsp3) is 0.296. The van der Waals surface area contributed by atoms with Crippen LogP contribution in [-0.4, -0.2) is 68.1 Å². The SMILES string of the molecule is Nc1ncnn2c(C3OCCN4CCNCC34)cc(-c3ccc4cn(Cc5ccccc5)nc4c3)c12. The summed E-state index contributed by atoms with van der Waals surface area (Å²) >= 11 is 0. The molecule has 0 radical (unpaired) electrons. The highest BCUT2D eigenvalue weighted by Crippen LogP contribution is 2.37. The third-order valence-corrected chi connectivity index (χ3v) is 7.38. The third kappa shape index (κ3) is 3.63. The molecule has 3 aromatic heterocycles. The quantitative estimate of drug-likeness (QED) is 0.408. The van der Waals surface area contributed by atoms with E-state index in [9.17, 15) is 0 Å². The molecule has 0 amide bonds. The minimum atomic E-state index is -0.101. The highest BCUT2D eigenvalue weighted by molar-refractivity contribution is 5.92. The Morgan fingerprint density at radius 2 is 2.00 bits per heavy atom. The number of anilines is 1. The number of nitrogens with one attached hydrogen (secondary N) is 1. The number of nitrogens with two attached hydrogens (primary N) is 1. The summed E-state index contributed by atoms with van der Waals surface area (Å²) in [4.78, 5) is 6.82. The Morgan fingerprint density at radius 1 is 1.08 bits per heavy atom. The van der Waals surface area contributed by atoms with E-state index >= 15 is 0 Å². The predicted octanol–water partition coefficient (Wildman–Crippen LogP) is 2.72. The lowest BCUT2D eigenvalue weighted by atomic mass is 10.0. The molecule has 2 saturated heterocycles. The van der Waals surface area contributed by atoms with Gasteiger partial charge in [0.25, 0.3) is 0 Å². The number of nitrogen functional groups attached to an aromatic ring is 1. The van der Waals surface area contributed by atoms with Gasteiger partial charge in [-0.2, -0.15) is 10.2 Å². The largest absolute Gasteiger partial charge is 0.382 e. The van der Waals surface area contributed by atoms with E-state index in [1.807, 2.05) is 15.3 Å². The second-order valence-corrected chi connectivity index (χ2v) is 9.57. The van der Waals surface area contributed by atoms with Crippen LogP contribution in [0.4, 0.5) is 5.82 Å². The van der Waals surface area contributed by atoms with Gasteiger partial charge in [-0.3, -0.25) is 9.58 Å². The van der Waals surface area contributed by atoms with Crippen molar-refractivity contribution < 1.29 is 4.74 Å². The molecule has 9 nitrogen and oxygen atoms in total. The number of fused-ring (bicyclic) bond motifs is 3. The monoisotopic (exact) mass is 480 g/mol. The van der Waals surface area contributed by atoms with Crippen molar-refractivity contribution in [1.82, 2.24) is 34.6 Å². The van der Waals surface area contributed by atoms with Gasteiger partial charge in [0.05, 0.1) is 30.4 Å². The maximum absolute atomic E-state index is 6.42. The summed E-state index contributed by atoms with van der Waals surface area (Å²) in [7, 11) is 0. The molecule has 5 aromatic rings. The van der Waals surface area contributed by atoms with Gasteiger partial charge in [0, 0.05) is 43.3 Å². The van der Waals surface area contributed by atoms with Crippen molar-refractivity contribution in [3.8, 4) is 11.1 Å². The van der Waals surface area contributed by atoms with Crippen LogP contribution in [0.5, 0.6) is 0 Å². The molecule has 2 fully saturated rings. The molecule has 2 aliphatic rings. The van der Waals surface area contributed by atoms with Gasteiger partial charge in [-0.1, -0.05) is 42.5 Å². The van der Waals surface area contributed by atoms with Crippen molar-refractivity contribution in [2.24, 2.45) is 0 Å². The first kappa shape index (κ1) is 21.5. The summed E-state index contributed by atoms with van der Waals surface area (Å²) in [5.41, 5.74) is 12.4. The van der Waals surface area contributed by atoms with Gasteiger partial charge in [-0.25, -0.2) is 9.50 Å². The van der Waals surface area contributed by atoms with Gasteiger partial charge >= 0.3 is 0 Å². The Kier molecular flexibility index (Phi) is 5.19. The lowest BCUT2D eigenvalue weighted by Gasteiger charge is -2.44. The Morgan fingerprint density at radius 3 is 2.92 bits per heavy atom. The maximum Gasteiger partial charge on any atom is 0.151 e. The van der Waals surface area contributed by atoms with E-state index in [4.69, 9.17) is 15.6 Å². The average molecular weight is 481 g/mol. The van der Waals surface area contributed by atoms with E-state index in [2.05, 4.69) is 75.0 Å². The van der Waals surface area contributed by atoms with Gasteiger partial charge in [-0.15, -0.1) is 0 Å². The normalized spacial score (nSPS) is 20.7. The molecule has 7 rings (SSSR count). The summed E-state index contributed by atoms with van der Waals surface area (Å²) < 4.78 is 10.2. The predicted molar refractivity (Wildman–Crippen MR) is 139 cm³/mol. The van der Waals surface area contributed by atoms with Crippen molar-refractivity contribution in [3.05, 3.63) is 78.4 Å². The summed E-state index contributed by atoms with van der Waals surface area (Å²) in [5.74, 6) is 0.454. The molecular formula is C27H28N8O. The summed E-state index contributed by atoms with van der Waals surface area (Å²) in [6.45, 7) is 5.32. The van der Waals surface area contributed by atoms with Crippen molar-refractivity contribution in [2.45, 2.75) is 18.7 Å². The van der Waals surface area contributed by atoms with Gasteiger partial charge in [-0.05, 0) is 23.3 Å². The number of ether oxygens (including phenoxy) is 1. The average Bonchev–Trinajstić information content (AvgIpc) is 3.50. The Balaban J connectivity index is 1.31. The molecule has 36 heavy (non-hydrogen) atoms. The molecule has 0 saturated carbocycles. The van der Waals surface area contributed by atoms with Crippen molar-refractivity contribution in [2.75, 3.05) is 38.5 Å². The first-order valence-corrected chi connectivity index (χ1v) is 12.4. The summed E-state index contributed by atoms with van der Waals surface area (Å²) in [5, 5.41) is 14.1. The topological polar surface area (TPSA) is 98.5 Å². The molecule has 0 spiro atoms. The van der Waals surface area contributed by atoms with Crippen molar-refractivity contribution in [1.29, 1.82) is 0 Å². The summed E-state index contributed by atoms with van der Waals surface area (Å²) in [6, 6.07) is 19.2. The lowest BCUT2D eigenvalue weighted by molar-refractivity contribution is -0.0826. The molecule has 182 valence electrons. The number of nitrogens with zero attached hydrogens (tertiary/aromatic N) is 6. The Labute approximate surface area is 208 Å². The van der Waals surface area contributed by atoms with E-state index in [-0.39, 0.29) is 12.1 Å². The van der Waals surface area contributed by atoms with Gasteiger partial charge in [0.2, 0.25) is 0 Å². The molecule has 2 unspecified atom stereocenters. The molecule has 9 heteroatoms. The van der Waals surface area contributed by atoms with Gasteiger partial charge in [0.1, 0.15) is 17.9 Å². The number of aromatic nitrogens is 5. The number of piperazine rings is 1. The van der Waals surface area contributed by atoms with Crippen molar-refractivity contribution >= 4 is 22.2 Å². The summed E-state index contributed by atoms with van der Waals surface area (Å²) in [6.07, 6.45) is 3.51. The second kappa shape index (κ2) is 8.70. The highest BCUT2D eigenvalue weighted by Gasteiger charge is 2.37. The molecule has 2 aromatic carbocycles. The van der Waals surface area contributed by atoms with E-state index < -0.39 is 0 Å². The maximum atomic E-state index is 6.42. The van der Waals surface area contributed by atoms with Gasteiger partial charge in [0.15, 0.2) is 5.82 Å². The van der Waals surface area contributed by atoms with E-state index in [0.717, 1.165) is 66.0 Å². The molecular weight excluding hydrogens is 452 g/mol.